The van der Waals surface area contributed by atoms with Crippen molar-refractivity contribution < 1.29 is 13.2 Å². The molecule has 0 unspecified atom stereocenters. The van der Waals surface area contributed by atoms with Crippen LogP contribution in [-0.4, -0.2) is 28.3 Å². The van der Waals surface area contributed by atoms with Crippen LogP contribution in [-0.2, 0) is 16.3 Å². The van der Waals surface area contributed by atoms with E-state index in [1.807, 2.05) is 6.07 Å². The fourth-order valence-electron chi connectivity index (χ4n) is 2.24. The van der Waals surface area contributed by atoms with Gasteiger partial charge in [0, 0.05) is 23.7 Å². The maximum absolute atomic E-state index is 11.7. The minimum Gasteiger partial charge on any atom is -0.495 e. The molecule has 1 aromatic heterocycles. The third-order valence-corrected chi connectivity index (χ3v) is 5.56. The molecule has 0 saturated carbocycles. The Balaban J connectivity index is 2.05. The van der Waals surface area contributed by atoms with Crippen molar-refractivity contribution in [3.63, 3.8) is 0 Å². The van der Waals surface area contributed by atoms with E-state index >= 15 is 0 Å². The van der Waals surface area contributed by atoms with Gasteiger partial charge in [0.2, 0.25) is 0 Å². The number of benzene rings is 1. The zero-order valence-electron chi connectivity index (χ0n) is 13.0. The van der Waals surface area contributed by atoms with Gasteiger partial charge in [-0.3, -0.25) is 0 Å². The molecule has 1 aromatic carbocycles. The normalized spacial score (nSPS) is 13.0. The second-order valence-corrected chi connectivity index (χ2v) is 8.20. The third kappa shape index (κ3) is 4.32. The number of hydrogen-bond donors (Lipinski definition) is 1. The summed E-state index contributed by atoms with van der Waals surface area (Å²) in [5, 5.41) is 5.53. The Hall–Kier alpha value is -1.37. The van der Waals surface area contributed by atoms with Gasteiger partial charge in [0.1, 0.15) is 10.6 Å². The SMILES string of the molecule is COc1cc([C@H](C)NCCc2cccs2)ccc1S(C)(=O)=O. The number of hydrogen-bond acceptors (Lipinski definition) is 5. The minimum absolute atomic E-state index is 0.127. The zero-order chi connectivity index (χ0) is 16.2. The van der Waals surface area contributed by atoms with E-state index in [0.717, 1.165) is 18.5 Å². The largest absolute Gasteiger partial charge is 0.495 e. The molecule has 0 fully saturated rings. The van der Waals surface area contributed by atoms with Crippen LogP contribution in [0.1, 0.15) is 23.4 Å². The molecule has 6 heteroatoms. The van der Waals surface area contributed by atoms with E-state index in [0.29, 0.717) is 5.75 Å². The number of thiophene rings is 1. The first-order chi connectivity index (χ1) is 10.4. The third-order valence-electron chi connectivity index (χ3n) is 3.49. The van der Waals surface area contributed by atoms with Crippen molar-refractivity contribution in [1.29, 1.82) is 0 Å². The summed E-state index contributed by atoms with van der Waals surface area (Å²) < 4.78 is 28.6. The monoisotopic (exact) mass is 339 g/mol. The van der Waals surface area contributed by atoms with E-state index in [-0.39, 0.29) is 10.9 Å². The van der Waals surface area contributed by atoms with E-state index in [9.17, 15) is 8.42 Å². The molecule has 120 valence electrons. The van der Waals surface area contributed by atoms with Crippen molar-refractivity contribution in [2.75, 3.05) is 19.9 Å². The topological polar surface area (TPSA) is 55.4 Å². The Kier molecular flexibility index (Phi) is 5.61. The highest BCUT2D eigenvalue weighted by atomic mass is 32.2. The number of sulfone groups is 1. The summed E-state index contributed by atoms with van der Waals surface area (Å²) in [5.41, 5.74) is 1.01. The fraction of sp³-hybridized carbons (Fsp3) is 0.375. The number of ether oxygens (including phenoxy) is 1. The lowest BCUT2D eigenvalue weighted by molar-refractivity contribution is 0.401. The molecule has 2 rings (SSSR count). The van der Waals surface area contributed by atoms with Gasteiger partial charge in [-0.15, -0.1) is 11.3 Å². The van der Waals surface area contributed by atoms with Crippen LogP contribution in [0.4, 0.5) is 0 Å². The van der Waals surface area contributed by atoms with Crippen molar-refractivity contribution in [1.82, 2.24) is 5.32 Å². The summed E-state index contributed by atoms with van der Waals surface area (Å²) in [6, 6.07) is 9.54. The predicted octanol–water partition coefficient (Wildman–Crippen LogP) is 3.05. The van der Waals surface area contributed by atoms with Crippen molar-refractivity contribution in [2.24, 2.45) is 0 Å². The summed E-state index contributed by atoms with van der Waals surface area (Å²) in [4.78, 5) is 1.58. The number of nitrogens with one attached hydrogen (secondary N) is 1. The lowest BCUT2D eigenvalue weighted by atomic mass is 10.1. The van der Waals surface area contributed by atoms with E-state index in [4.69, 9.17) is 4.74 Å². The van der Waals surface area contributed by atoms with E-state index in [1.165, 1.54) is 18.2 Å². The van der Waals surface area contributed by atoms with Crippen LogP contribution in [0.15, 0.2) is 40.6 Å². The first-order valence-corrected chi connectivity index (χ1v) is 9.82. The molecule has 1 heterocycles. The second kappa shape index (κ2) is 7.26. The minimum atomic E-state index is -3.28. The molecule has 0 spiro atoms. The van der Waals surface area contributed by atoms with Crippen LogP contribution < -0.4 is 10.1 Å². The molecule has 0 radical (unpaired) electrons. The highest BCUT2D eigenvalue weighted by Gasteiger charge is 2.16. The fourth-order valence-corrected chi connectivity index (χ4v) is 3.78. The number of methoxy groups -OCH3 is 1. The Labute approximate surface area is 136 Å². The molecule has 1 atom stereocenters. The zero-order valence-corrected chi connectivity index (χ0v) is 14.6. The van der Waals surface area contributed by atoms with Gasteiger partial charge >= 0.3 is 0 Å². The summed E-state index contributed by atoms with van der Waals surface area (Å²) in [5.74, 6) is 0.395. The van der Waals surface area contributed by atoms with E-state index < -0.39 is 9.84 Å². The predicted molar refractivity (Wildman–Crippen MR) is 90.5 cm³/mol. The van der Waals surface area contributed by atoms with Gasteiger partial charge in [-0.05, 0) is 42.5 Å². The molecule has 2 aromatic rings. The summed E-state index contributed by atoms with van der Waals surface area (Å²) in [6.07, 6.45) is 2.17. The molecule has 1 N–H and O–H groups in total. The van der Waals surface area contributed by atoms with Gasteiger partial charge in [-0.25, -0.2) is 8.42 Å². The summed E-state index contributed by atoms with van der Waals surface area (Å²) in [6.45, 7) is 2.93. The maximum atomic E-state index is 11.7. The Bertz CT molecular complexity index is 709. The van der Waals surface area contributed by atoms with Gasteiger partial charge in [0.25, 0.3) is 0 Å². The maximum Gasteiger partial charge on any atom is 0.179 e. The van der Waals surface area contributed by atoms with Crippen LogP contribution in [0.2, 0.25) is 0 Å². The van der Waals surface area contributed by atoms with Crippen molar-refractivity contribution >= 4 is 21.2 Å². The molecule has 0 aliphatic heterocycles. The highest BCUT2D eigenvalue weighted by molar-refractivity contribution is 7.90. The quantitative estimate of drug-likeness (QED) is 0.842. The molecule has 0 amide bonds. The lowest BCUT2D eigenvalue weighted by Gasteiger charge is -2.16. The Morgan fingerprint density at radius 1 is 1.32 bits per heavy atom. The Morgan fingerprint density at radius 2 is 2.09 bits per heavy atom. The van der Waals surface area contributed by atoms with Gasteiger partial charge in [0.15, 0.2) is 9.84 Å². The first-order valence-electron chi connectivity index (χ1n) is 7.05. The van der Waals surface area contributed by atoms with Crippen LogP contribution in [0.25, 0.3) is 0 Å². The molecule has 0 aliphatic carbocycles. The standard InChI is InChI=1S/C16H21NO3S2/c1-12(17-9-8-14-5-4-10-21-14)13-6-7-16(22(3,18)19)15(11-13)20-2/h4-7,10-12,17H,8-9H2,1-3H3/t12-/m0/s1. The molecular weight excluding hydrogens is 318 g/mol. The van der Waals surface area contributed by atoms with Gasteiger partial charge < -0.3 is 10.1 Å². The molecule has 22 heavy (non-hydrogen) atoms. The Morgan fingerprint density at radius 3 is 2.68 bits per heavy atom. The molecule has 0 bridgehead atoms. The molecule has 4 nitrogen and oxygen atoms in total. The molecule has 0 aliphatic rings. The summed E-state index contributed by atoms with van der Waals surface area (Å²) >= 11 is 1.75. The highest BCUT2D eigenvalue weighted by Crippen LogP contribution is 2.27. The lowest BCUT2D eigenvalue weighted by Crippen LogP contribution is -2.21. The average molecular weight is 339 g/mol. The number of rotatable bonds is 7. The van der Waals surface area contributed by atoms with E-state index in [2.05, 4.69) is 29.8 Å². The molecule has 0 saturated heterocycles. The van der Waals surface area contributed by atoms with Crippen molar-refractivity contribution in [3.8, 4) is 5.75 Å². The second-order valence-electron chi connectivity index (χ2n) is 5.19. The van der Waals surface area contributed by atoms with Gasteiger partial charge in [0.05, 0.1) is 7.11 Å². The van der Waals surface area contributed by atoms with Crippen molar-refractivity contribution in [3.05, 3.63) is 46.2 Å². The van der Waals surface area contributed by atoms with Crippen LogP contribution in [0.5, 0.6) is 5.75 Å². The van der Waals surface area contributed by atoms with Gasteiger partial charge in [-0.1, -0.05) is 12.1 Å². The van der Waals surface area contributed by atoms with Crippen LogP contribution in [0.3, 0.4) is 0 Å². The smallest absolute Gasteiger partial charge is 0.179 e. The van der Waals surface area contributed by atoms with Crippen LogP contribution >= 0.6 is 11.3 Å². The van der Waals surface area contributed by atoms with Crippen LogP contribution in [0, 0.1) is 0 Å². The molecular formula is C16H21NO3S2. The average Bonchev–Trinajstić information content (AvgIpc) is 2.98. The summed E-state index contributed by atoms with van der Waals surface area (Å²) in [7, 11) is -1.79. The van der Waals surface area contributed by atoms with E-state index in [1.54, 1.807) is 23.5 Å². The van der Waals surface area contributed by atoms with Gasteiger partial charge in [-0.2, -0.15) is 0 Å². The van der Waals surface area contributed by atoms with Crippen molar-refractivity contribution in [2.45, 2.75) is 24.3 Å². The first kappa shape index (κ1) is 17.0.